The molecule has 2 unspecified atom stereocenters. The molecule has 0 saturated heterocycles. The van der Waals surface area contributed by atoms with Gasteiger partial charge in [-0.2, -0.15) is 0 Å². The monoisotopic (exact) mass is 265 g/mol. The van der Waals surface area contributed by atoms with Crippen molar-refractivity contribution in [1.29, 1.82) is 0 Å². The molecule has 0 aliphatic carbocycles. The second kappa shape index (κ2) is 6.78. The van der Waals surface area contributed by atoms with E-state index in [0.29, 0.717) is 13.2 Å². The molecule has 4 nitrogen and oxygen atoms in total. The Balaban J connectivity index is 2.25. The summed E-state index contributed by atoms with van der Waals surface area (Å²) in [5.74, 6) is 1.66. The Morgan fingerprint density at radius 2 is 1.95 bits per heavy atom. The minimum atomic E-state index is 0.155. The van der Waals surface area contributed by atoms with E-state index >= 15 is 0 Å². The van der Waals surface area contributed by atoms with E-state index in [1.165, 1.54) is 5.56 Å². The van der Waals surface area contributed by atoms with E-state index < -0.39 is 0 Å². The van der Waals surface area contributed by atoms with E-state index in [-0.39, 0.29) is 12.1 Å². The maximum absolute atomic E-state index is 5.65. The lowest BCUT2D eigenvalue weighted by Crippen LogP contribution is -2.33. The van der Waals surface area contributed by atoms with Crippen molar-refractivity contribution in [1.82, 2.24) is 5.32 Å². The molecule has 0 bridgehead atoms. The van der Waals surface area contributed by atoms with Gasteiger partial charge in [0, 0.05) is 7.11 Å². The summed E-state index contributed by atoms with van der Waals surface area (Å²) in [6, 6.07) is 6.30. The number of nitrogens with one attached hydrogen (secondary N) is 1. The van der Waals surface area contributed by atoms with Gasteiger partial charge in [0.05, 0.1) is 12.1 Å². The largest absolute Gasteiger partial charge is 0.486 e. The molecule has 1 aromatic carbocycles. The summed E-state index contributed by atoms with van der Waals surface area (Å²) in [7, 11) is 1.76. The van der Waals surface area contributed by atoms with Crippen LogP contribution in [-0.4, -0.2) is 33.0 Å². The second-order valence-electron chi connectivity index (χ2n) is 4.62. The zero-order chi connectivity index (χ0) is 13.7. The fourth-order valence-electron chi connectivity index (χ4n) is 2.48. The smallest absolute Gasteiger partial charge is 0.161 e. The highest BCUT2D eigenvalue weighted by atomic mass is 16.6. The molecular weight excluding hydrogens is 242 g/mol. The molecule has 2 rings (SSSR count). The molecule has 0 radical (unpaired) electrons. The molecule has 2 atom stereocenters. The quantitative estimate of drug-likeness (QED) is 0.858. The molecule has 1 heterocycles. The molecular formula is C15H23NO3. The van der Waals surface area contributed by atoms with Gasteiger partial charge < -0.3 is 19.5 Å². The van der Waals surface area contributed by atoms with Crippen LogP contribution in [0.25, 0.3) is 0 Å². The van der Waals surface area contributed by atoms with Crippen LogP contribution in [0.5, 0.6) is 11.5 Å². The van der Waals surface area contributed by atoms with E-state index in [2.05, 4.69) is 31.3 Å². The Morgan fingerprint density at radius 1 is 1.21 bits per heavy atom. The van der Waals surface area contributed by atoms with E-state index in [4.69, 9.17) is 14.2 Å². The number of hydrogen-bond acceptors (Lipinski definition) is 4. The first-order chi connectivity index (χ1) is 9.30. The number of rotatable bonds is 6. The molecule has 1 aromatic rings. The maximum Gasteiger partial charge on any atom is 0.161 e. The van der Waals surface area contributed by atoms with Gasteiger partial charge in [0.25, 0.3) is 0 Å². The average Bonchev–Trinajstić information content (AvgIpc) is 2.47. The lowest BCUT2D eigenvalue weighted by molar-refractivity contribution is 0.0653. The van der Waals surface area contributed by atoms with Crippen LogP contribution in [0.3, 0.4) is 0 Å². The summed E-state index contributed by atoms with van der Waals surface area (Å²) in [4.78, 5) is 0. The van der Waals surface area contributed by atoms with Gasteiger partial charge in [-0.05, 0) is 30.7 Å². The van der Waals surface area contributed by atoms with Gasteiger partial charge in [-0.15, -0.1) is 0 Å². The summed E-state index contributed by atoms with van der Waals surface area (Å²) in [5, 5.41) is 3.49. The van der Waals surface area contributed by atoms with Gasteiger partial charge in [0.1, 0.15) is 13.2 Å². The fraction of sp³-hybridized carbons (Fsp3) is 0.600. The molecule has 4 heteroatoms. The first kappa shape index (κ1) is 14.2. The van der Waals surface area contributed by atoms with Crippen molar-refractivity contribution in [2.45, 2.75) is 32.4 Å². The minimum absolute atomic E-state index is 0.155. The Labute approximate surface area is 115 Å². The van der Waals surface area contributed by atoms with Gasteiger partial charge in [-0.3, -0.25) is 0 Å². The zero-order valence-electron chi connectivity index (χ0n) is 11.9. The average molecular weight is 265 g/mol. The molecule has 0 aromatic heterocycles. The Morgan fingerprint density at radius 3 is 2.58 bits per heavy atom. The number of ether oxygens (including phenoxy) is 3. The summed E-state index contributed by atoms with van der Waals surface area (Å²) < 4.78 is 16.8. The Bertz CT molecular complexity index is 404. The van der Waals surface area contributed by atoms with Gasteiger partial charge in [0.15, 0.2) is 11.5 Å². The number of fused-ring (bicyclic) bond motifs is 1. The molecule has 1 N–H and O–H groups in total. The number of methoxy groups -OCH3 is 1. The molecule has 1 aliphatic heterocycles. The van der Waals surface area contributed by atoms with Crippen molar-refractivity contribution in [2.75, 3.05) is 26.9 Å². The standard InChI is InChI=1S/C15H23NO3/c1-4-12(17-3)15(16-5-2)11-6-7-13-14(10-11)19-9-8-18-13/h6-7,10,12,15-16H,4-5,8-9H2,1-3H3. The third-order valence-electron chi connectivity index (χ3n) is 3.43. The van der Waals surface area contributed by atoms with Crippen LogP contribution < -0.4 is 14.8 Å². The van der Waals surface area contributed by atoms with Crippen LogP contribution in [-0.2, 0) is 4.74 Å². The lowest BCUT2D eigenvalue weighted by atomic mass is 9.98. The van der Waals surface area contributed by atoms with Crippen molar-refractivity contribution < 1.29 is 14.2 Å². The first-order valence-electron chi connectivity index (χ1n) is 6.95. The van der Waals surface area contributed by atoms with Crippen LogP contribution in [0.15, 0.2) is 18.2 Å². The van der Waals surface area contributed by atoms with Crippen LogP contribution in [0.2, 0.25) is 0 Å². The SMILES string of the molecule is CCNC(c1ccc2c(c1)OCCO2)C(CC)OC. The highest BCUT2D eigenvalue weighted by Gasteiger charge is 2.22. The minimum Gasteiger partial charge on any atom is -0.486 e. The molecule has 0 amide bonds. The molecule has 106 valence electrons. The molecule has 0 spiro atoms. The van der Waals surface area contributed by atoms with Gasteiger partial charge >= 0.3 is 0 Å². The Hall–Kier alpha value is -1.26. The summed E-state index contributed by atoms with van der Waals surface area (Å²) in [6.45, 7) is 6.38. The van der Waals surface area contributed by atoms with E-state index in [0.717, 1.165) is 24.5 Å². The van der Waals surface area contributed by atoms with Crippen LogP contribution >= 0.6 is 0 Å². The summed E-state index contributed by atoms with van der Waals surface area (Å²) >= 11 is 0. The molecule has 19 heavy (non-hydrogen) atoms. The van der Waals surface area contributed by atoms with Crippen molar-refractivity contribution in [3.63, 3.8) is 0 Å². The highest BCUT2D eigenvalue weighted by molar-refractivity contribution is 5.44. The van der Waals surface area contributed by atoms with E-state index in [1.807, 2.05) is 6.07 Å². The van der Waals surface area contributed by atoms with E-state index in [1.54, 1.807) is 7.11 Å². The number of hydrogen-bond donors (Lipinski definition) is 1. The first-order valence-corrected chi connectivity index (χ1v) is 6.95. The topological polar surface area (TPSA) is 39.7 Å². The zero-order valence-corrected chi connectivity index (χ0v) is 11.9. The maximum atomic E-state index is 5.65. The van der Waals surface area contributed by atoms with Gasteiger partial charge in [0.2, 0.25) is 0 Å². The third kappa shape index (κ3) is 3.19. The predicted molar refractivity (Wildman–Crippen MR) is 74.9 cm³/mol. The van der Waals surface area contributed by atoms with Gasteiger partial charge in [-0.25, -0.2) is 0 Å². The van der Waals surface area contributed by atoms with Crippen LogP contribution in [0.4, 0.5) is 0 Å². The van der Waals surface area contributed by atoms with Gasteiger partial charge in [-0.1, -0.05) is 19.9 Å². The fourth-order valence-corrected chi connectivity index (χ4v) is 2.48. The normalized spacial score (nSPS) is 17.0. The summed E-state index contributed by atoms with van der Waals surface area (Å²) in [5.41, 5.74) is 1.18. The Kier molecular flexibility index (Phi) is 5.05. The lowest BCUT2D eigenvalue weighted by Gasteiger charge is -2.27. The number of benzene rings is 1. The molecule has 0 fully saturated rings. The van der Waals surface area contributed by atoms with E-state index in [9.17, 15) is 0 Å². The molecule has 1 aliphatic rings. The van der Waals surface area contributed by atoms with Crippen molar-refractivity contribution in [3.8, 4) is 11.5 Å². The predicted octanol–water partition coefficient (Wildman–Crippen LogP) is 2.53. The third-order valence-corrected chi connectivity index (χ3v) is 3.43. The van der Waals surface area contributed by atoms with Crippen molar-refractivity contribution in [3.05, 3.63) is 23.8 Å². The van der Waals surface area contributed by atoms with Crippen LogP contribution in [0.1, 0.15) is 31.9 Å². The highest BCUT2D eigenvalue weighted by Crippen LogP contribution is 2.34. The van der Waals surface area contributed by atoms with Crippen molar-refractivity contribution in [2.24, 2.45) is 0 Å². The van der Waals surface area contributed by atoms with Crippen LogP contribution in [0, 0.1) is 0 Å². The van der Waals surface area contributed by atoms with Crippen molar-refractivity contribution >= 4 is 0 Å². The summed E-state index contributed by atoms with van der Waals surface area (Å²) in [6.07, 6.45) is 1.12. The second-order valence-corrected chi connectivity index (χ2v) is 4.62. The number of likely N-dealkylation sites (N-methyl/N-ethyl adjacent to an activating group) is 1. The molecule has 0 saturated carbocycles.